The number of carbonyl (C=O) groups excluding carboxylic acids is 4. The van der Waals surface area contributed by atoms with Crippen molar-refractivity contribution in [2.24, 2.45) is 0 Å². The van der Waals surface area contributed by atoms with Gasteiger partial charge in [-0.05, 0) is 48.5 Å². The maximum absolute atomic E-state index is 13.6. The van der Waals surface area contributed by atoms with Crippen molar-refractivity contribution >= 4 is 23.9 Å². The van der Waals surface area contributed by atoms with Crippen LogP contribution in [0.15, 0.2) is 134 Å². The highest BCUT2D eigenvalue weighted by Gasteiger charge is 2.64. The Bertz CT molecular complexity index is 1620. The molecule has 1 aliphatic rings. The molecule has 0 saturated carbocycles. The normalized spacial score (nSPS) is 20.4. The van der Waals surface area contributed by atoms with E-state index in [1.54, 1.807) is 121 Å². The first-order valence-corrected chi connectivity index (χ1v) is 14.2. The first-order chi connectivity index (χ1) is 21.9. The van der Waals surface area contributed by atoms with Crippen LogP contribution in [0.1, 0.15) is 47.9 Å². The number of esters is 4. The predicted octanol–water partition coefficient (Wildman–Crippen LogP) is 5.82. The molecule has 0 amide bonds. The molecule has 9 nitrogen and oxygen atoms in total. The Morgan fingerprint density at radius 3 is 1.51 bits per heavy atom. The standard InChI is InChI=1S/C36H30O9/c1-2-23-36(45-34(40)28-21-13-6-14-22-28)30(43-32(38)26-17-9-4-10-18-26)29(24-41-31(37)25-15-7-3-8-16-25)42-35(36)44-33(39)27-19-11-5-12-20-27/h2-22,29-30,35H,1,23-24H2/t29-,30-,35?,36-/m1/s1. The van der Waals surface area contributed by atoms with E-state index in [2.05, 4.69) is 6.58 Å². The van der Waals surface area contributed by atoms with Crippen molar-refractivity contribution in [3.8, 4) is 0 Å². The lowest BCUT2D eigenvalue weighted by Gasteiger charge is -2.36. The van der Waals surface area contributed by atoms with E-state index in [0.717, 1.165) is 0 Å². The Balaban J connectivity index is 1.54. The molecular weight excluding hydrogens is 576 g/mol. The first-order valence-electron chi connectivity index (χ1n) is 14.2. The quantitative estimate of drug-likeness (QED) is 0.118. The lowest BCUT2D eigenvalue weighted by molar-refractivity contribution is -0.180. The van der Waals surface area contributed by atoms with Gasteiger partial charge in [-0.25, -0.2) is 19.2 Å². The summed E-state index contributed by atoms with van der Waals surface area (Å²) in [6.45, 7) is 3.39. The van der Waals surface area contributed by atoms with E-state index in [0.29, 0.717) is 0 Å². The van der Waals surface area contributed by atoms with Crippen molar-refractivity contribution in [2.75, 3.05) is 6.61 Å². The van der Waals surface area contributed by atoms with Crippen LogP contribution < -0.4 is 0 Å². The van der Waals surface area contributed by atoms with Gasteiger partial charge in [0.05, 0.1) is 22.3 Å². The molecule has 4 aromatic carbocycles. The average Bonchev–Trinajstić information content (AvgIpc) is 3.35. The molecule has 228 valence electrons. The Labute approximate surface area is 260 Å². The average molecular weight is 607 g/mol. The van der Waals surface area contributed by atoms with Gasteiger partial charge in [-0.2, -0.15) is 0 Å². The second-order valence-electron chi connectivity index (χ2n) is 10.1. The van der Waals surface area contributed by atoms with Gasteiger partial charge in [-0.15, -0.1) is 6.58 Å². The lowest BCUT2D eigenvalue weighted by atomic mass is 9.90. The number of hydrogen-bond donors (Lipinski definition) is 0. The molecule has 1 heterocycles. The molecule has 45 heavy (non-hydrogen) atoms. The van der Waals surface area contributed by atoms with E-state index in [9.17, 15) is 19.2 Å². The summed E-state index contributed by atoms with van der Waals surface area (Å²) in [6, 6.07) is 32.8. The first kappa shape index (κ1) is 30.9. The minimum Gasteiger partial charge on any atom is -0.459 e. The smallest absolute Gasteiger partial charge is 0.340 e. The van der Waals surface area contributed by atoms with Crippen LogP contribution >= 0.6 is 0 Å². The Kier molecular flexibility index (Phi) is 9.81. The molecule has 0 aliphatic carbocycles. The van der Waals surface area contributed by atoms with E-state index < -0.39 is 54.6 Å². The van der Waals surface area contributed by atoms with Crippen LogP contribution in [0.3, 0.4) is 0 Å². The van der Waals surface area contributed by atoms with Crippen LogP contribution in [-0.2, 0) is 23.7 Å². The van der Waals surface area contributed by atoms with Crippen molar-refractivity contribution in [3.05, 3.63) is 156 Å². The molecule has 1 unspecified atom stereocenters. The van der Waals surface area contributed by atoms with Gasteiger partial charge in [0.2, 0.25) is 11.9 Å². The molecule has 0 spiro atoms. The van der Waals surface area contributed by atoms with Gasteiger partial charge in [0.25, 0.3) is 0 Å². The zero-order valence-corrected chi connectivity index (χ0v) is 24.2. The molecule has 1 saturated heterocycles. The SMILES string of the molecule is C=CC[C@]1(OC(=O)c2ccccc2)C(OC(=O)c2ccccc2)O[C@H](COC(=O)c2ccccc2)[C@H]1OC(=O)c1ccccc1. The fourth-order valence-electron chi connectivity index (χ4n) is 4.93. The second kappa shape index (κ2) is 14.3. The zero-order chi connectivity index (χ0) is 31.6. The Morgan fingerprint density at radius 1 is 0.622 bits per heavy atom. The molecule has 9 heteroatoms. The third kappa shape index (κ3) is 7.17. The minimum atomic E-state index is -1.92. The summed E-state index contributed by atoms with van der Waals surface area (Å²) in [6.07, 6.45) is -2.94. The van der Waals surface area contributed by atoms with Crippen LogP contribution in [0.5, 0.6) is 0 Å². The third-order valence-corrected chi connectivity index (χ3v) is 7.13. The zero-order valence-electron chi connectivity index (χ0n) is 24.2. The molecule has 1 aliphatic heterocycles. The Morgan fingerprint density at radius 2 is 1.04 bits per heavy atom. The Hall–Kier alpha value is -5.54. The fraction of sp³-hybridized carbons (Fsp3) is 0.167. The highest BCUT2D eigenvalue weighted by atomic mass is 16.8. The van der Waals surface area contributed by atoms with Gasteiger partial charge < -0.3 is 23.7 Å². The van der Waals surface area contributed by atoms with Gasteiger partial charge in [0, 0.05) is 6.42 Å². The summed E-state index contributed by atoms with van der Waals surface area (Å²) >= 11 is 0. The maximum Gasteiger partial charge on any atom is 0.340 e. The summed E-state index contributed by atoms with van der Waals surface area (Å²) in [5.74, 6) is -2.99. The van der Waals surface area contributed by atoms with Crippen LogP contribution in [0.2, 0.25) is 0 Å². The van der Waals surface area contributed by atoms with E-state index in [1.807, 2.05) is 0 Å². The number of hydrogen-bond acceptors (Lipinski definition) is 9. The maximum atomic E-state index is 13.6. The molecule has 1 fully saturated rings. The largest absolute Gasteiger partial charge is 0.459 e. The number of benzene rings is 4. The minimum absolute atomic E-state index is 0.159. The molecule has 4 aromatic rings. The van der Waals surface area contributed by atoms with Crippen LogP contribution in [0, 0.1) is 0 Å². The van der Waals surface area contributed by atoms with Gasteiger partial charge in [0.1, 0.15) is 12.7 Å². The molecule has 5 rings (SSSR count). The second-order valence-corrected chi connectivity index (χ2v) is 10.1. The number of ether oxygens (including phenoxy) is 5. The van der Waals surface area contributed by atoms with E-state index in [-0.39, 0.29) is 28.7 Å². The molecular formula is C36H30O9. The highest BCUT2D eigenvalue weighted by molar-refractivity contribution is 5.92. The summed E-state index contributed by atoms with van der Waals surface area (Å²) < 4.78 is 29.7. The van der Waals surface area contributed by atoms with Crippen LogP contribution in [0.25, 0.3) is 0 Å². The van der Waals surface area contributed by atoms with Crippen LogP contribution in [0.4, 0.5) is 0 Å². The topological polar surface area (TPSA) is 114 Å². The van der Waals surface area contributed by atoms with E-state index in [4.69, 9.17) is 23.7 Å². The van der Waals surface area contributed by atoms with Gasteiger partial charge in [-0.1, -0.05) is 78.9 Å². The van der Waals surface area contributed by atoms with Crippen LogP contribution in [-0.4, -0.2) is 54.6 Å². The van der Waals surface area contributed by atoms with E-state index in [1.165, 1.54) is 6.08 Å². The number of carbonyl (C=O) groups is 4. The summed E-state index contributed by atoms with van der Waals surface area (Å²) in [5.41, 5.74) is -1.02. The monoisotopic (exact) mass is 606 g/mol. The summed E-state index contributed by atoms with van der Waals surface area (Å²) in [7, 11) is 0. The highest BCUT2D eigenvalue weighted by Crippen LogP contribution is 2.42. The molecule has 0 bridgehead atoms. The predicted molar refractivity (Wildman–Crippen MR) is 162 cm³/mol. The van der Waals surface area contributed by atoms with Crippen molar-refractivity contribution in [1.82, 2.24) is 0 Å². The van der Waals surface area contributed by atoms with Gasteiger partial charge in [-0.3, -0.25) is 0 Å². The van der Waals surface area contributed by atoms with Crippen molar-refractivity contribution in [3.63, 3.8) is 0 Å². The van der Waals surface area contributed by atoms with Gasteiger partial charge in [0.15, 0.2) is 6.10 Å². The van der Waals surface area contributed by atoms with Crippen molar-refractivity contribution < 1.29 is 42.9 Å². The summed E-state index contributed by atoms with van der Waals surface area (Å²) in [5, 5.41) is 0. The lowest BCUT2D eigenvalue weighted by Crippen LogP contribution is -2.55. The molecule has 0 aromatic heterocycles. The number of rotatable bonds is 11. The fourth-order valence-corrected chi connectivity index (χ4v) is 4.93. The molecule has 0 N–H and O–H groups in total. The van der Waals surface area contributed by atoms with Crippen molar-refractivity contribution in [1.29, 1.82) is 0 Å². The molecule has 0 radical (unpaired) electrons. The molecule has 4 atom stereocenters. The van der Waals surface area contributed by atoms with E-state index >= 15 is 0 Å². The van der Waals surface area contributed by atoms with Crippen molar-refractivity contribution in [2.45, 2.75) is 30.5 Å². The third-order valence-electron chi connectivity index (χ3n) is 7.13. The van der Waals surface area contributed by atoms with Gasteiger partial charge >= 0.3 is 23.9 Å². The summed E-state index contributed by atoms with van der Waals surface area (Å²) in [4.78, 5) is 53.2.